The molecular formula is C24H28N2O6. The highest BCUT2D eigenvalue weighted by atomic mass is 16.5. The van der Waals surface area contributed by atoms with Gasteiger partial charge in [-0.2, -0.15) is 0 Å². The Balaban J connectivity index is 2.11. The number of ketones is 1. The molecule has 2 N–H and O–H groups in total. The van der Waals surface area contributed by atoms with Gasteiger partial charge in [-0.15, -0.1) is 0 Å². The van der Waals surface area contributed by atoms with Gasteiger partial charge in [0.25, 0.3) is 11.7 Å². The molecule has 1 heterocycles. The van der Waals surface area contributed by atoms with Crippen LogP contribution in [0.5, 0.6) is 17.2 Å². The first-order chi connectivity index (χ1) is 15.3. The monoisotopic (exact) mass is 440 g/mol. The molecule has 0 aliphatic carbocycles. The van der Waals surface area contributed by atoms with Gasteiger partial charge in [-0.05, 0) is 56.9 Å². The lowest BCUT2D eigenvalue weighted by Crippen LogP contribution is -2.32. The van der Waals surface area contributed by atoms with E-state index in [1.54, 1.807) is 37.4 Å². The second-order valence-electron chi connectivity index (χ2n) is 7.81. The van der Waals surface area contributed by atoms with Crippen LogP contribution in [0.3, 0.4) is 0 Å². The van der Waals surface area contributed by atoms with Crippen LogP contribution in [0.15, 0.2) is 48.0 Å². The number of carbonyl (C=O) groups excluding carboxylic acids is 2. The van der Waals surface area contributed by atoms with Crippen molar-refractivity contribution in [2.24, 2.45) is 0 Å². The number of aromatic hydroxyl groups is 1. The van der Waals surface area contributed by atoms with E-state index in [4.69, 9.17) is 9.47 Å². The predicted molar refractivity (Wildman–Crippen MR) is 120 cm³/mol. The van der Waals surface area contributed by atoms with Gasteiger partial charge in [0.05, 0.1) is 31.4 Å². The molecule has 0 aromatic heterocycles. The van der Waals surface area contributed by atoms with Crippen LogP contribution in [-0.4, -0.2) is 73.1 Å². The number of phenols is 1. The first-order valence-corrected chi connectivity index (χ1v) is 10.2. The van der Waals surface area contributed by atoms with Gasteiger partial charge >= 0.3 is 0 Å². The van der Waals surface area contributed by atoms with E-state index in [-0.39, 0.29) is 16.9 Å². The molecule has 0 saturated carbocycles. The molecule has 0 spiro atoms. The second-order valence-corrected chi connectivity index (χ2v) is 7.81. The number of hydrogen-bond acceptors (Lipinski definition) is 7. The highest BCUT2D eigenvalue weighted by Gasteiger charge is 2.46. The van der Waals surface area contributed by atoms with Crippen LogP contribution >= 0.6 is 0 Å². The zero-order chi connectivity index (χ0) is 23.4. The van der Waals surface area contributed by atoms with Crippen LogP contribution in [0, 0.1) is 0 Å². The minimum Gasteiger partial charge on any atom is -0.507 e. The molecule has 1 aliphatic rings. The largest absolute Gasteiger partial charge is 0.507 e. The van der Waals surface area contributed by atoms with Gasteiger partial charge in [0, 0.05) is 12.6 Å². The van der Waals surface area contributed by atoms with E-state index in [1.165, 1.54) is 24.1 Å². The van der Waals surface area contributed by atoms with E-state index >= 15 is 0 Å². The van der Waals surface area contributed by atoms with Gasteiger partial charge in [-0.1, -0.05) is 12.1 Å². The van der Waals surface area contributed by atoms with Gasteiger partial charge in [0.1, 0.15) is 23.0 Å². The fourth-order valence-corrected chi connectivity index (χ4v) is 3.78. The average Bonchev–Trinajstić information content (AvgIpc) is 3.03. The van der Waals surface area contributed by atoms with Crippen molar-refractivity contribution in [3.63, 3.8) is 0 Å². The molecule has 2 aromatic carbocycles. The first kappa shape index (κ1) is 23.1. The zero-order valence-corrected chi connectivity index (χ0v) is 18.7. The maximum atomic E-state index is 13.0. The van der Waals surface area contributed by atoms with Crippen LogP contribution in [0.2, 0.25) is 0 Å². The lowest BCUT2D eigenvalue weighted by Gasteiger charge is -2.26. The number of nitrogens with zero attached hydrogens (tertiary/aromatic N) is 2. The summed E-state index contributed by atoms with van der Waals surface area (Å²) < 4.78 is 10.3. The number of amides is 1. The molecule has 1 amide bonds. The van der Waals surface area contributed by atoms with Crippen LogP contribution in [0.25, 0.3) is 5.76 Å². The molecule has 170 valence electrons. The molecule has 3 rings (SSSR count). The van der Waals surface area contributed by atoms with E-state index in [0.29, 0.717) is 30.0 Å². The molecule has 1 aliphatic heterocycles. The SMILES string of the molecule is COc1ccc([C@H]2C(=C(O)c3ccc(OC)cc3O)C(=O)C(=O)N2CCCN(C)C)cc1. The van der Waals surface area contributed by atoms with Crippen molar-refractivity contribution >= 4 is 17.4 Å². The quantitative estimate of drug-likeness (QED) is 0.370. The fourth-order valence-electron chi connectivity index (χ4n) is 3.78. The third kappa shape index (κ3) is 4.55. The summed E-state index contributed by atoms with van der Waals surface area (Å²) in [5.41, 5.74) is 0.644. The van der Waals surface area contributed by atoms with E-state index in [2.05, 4.69) is 0 Å². The number of phenolic OH excluding ortho intramolecular Hbond substituents is 1. The summed E-state index contributed by atoms with van der Waals surface area (Å²) in [5, 5.41) is 21.5. The van der Waals surface area contributed by atoms with Crippen molar-refractivity contribution in [3.8, 4) is 17.2 Å². The number of hydrogen-bond donors (Lipinski definition) is 2. The van der Waals surface area contributed by atoms with E-state index in [9.17, 15) is 19.8 Å². The number of methoxy groups -OCH3 is 2. The summed E-state index contributed by atoms with van der Waals surface area (Å²) in [6, 6.07) is 10.6. The summed E-state index contributed by atoms with van der Waals surface area (Å²) in [6.45, 7) is 1.07. The molecule has 1 saturated heterocycles. The Kier molecular flexibility index (Phi) is 7.05. The van der Waals surface area contributed by atoms with E-state index in [1.807, 2.05) is 19.0 Å². The highest BCUT2D eigenvalue weighted by Crippen LogP contribution is 2.41. The Bertz CT molecular complexity index is 1030. The van der Waals surface area contributed by atoms with Crippen molar-refractivity contribution < 1.29 is 29.3 Å². The fraction of sp³-hybridized carbons (Fsp3) is 0.333. The molecular weight excluding hydrogens is 412 g/mol. The molecule has 1 atom stereocenters. The summed E-state index contributed by atoms with van der Waals surface area (Å²) in [6.07, 6.45) is 0.653. The first-order valence-electron chi connectivity index (χ1n) is 10.2. The highest BCUT2D eigenvalue weighted by molar-refractivity contribution is 6.46. The molecule has 1 fully saturated rings. The number of ether oxygens (including phenoxy) is 2. The molecule has 8 heteroatoms. The minimum absolute atomic E-state index is 0.0515. The van der Waals surface area contributed by atoms with Gasteiger partial charge in [-0.3, -0.25) is 9.59 Å². The van der Waals surface area contributed by atoms with Crippen molar-refractivity contribution in [1.82, 2.24) is 9.80 Å². The standard InChI is InChI=1S/C24H28N2O6/c1-25(2)12-5-13-26-21(15-6-8-16(31-3)9-7-15)20(23(29)24(26)30)22(28)18-11-10-17(32-4)14-19(18)27/h6-11,14,21,27-28H,5,12-13H2,1-4H3/t21-/m0/s1. The maximum Gasteiger partial charge on any atom is 0.295 e. The van der Waals surface area contributed by atoms with Gasteiger partial charge in [0.15, 0.2) is 0 Å². The third-order valence-corrected chi connectivity index (χ3v) is 5.44. The Labute approximate surface area is 187 Å². The van der Waals surface area contributed by atoms with Crippen LogP contribution in [-0.2, 0) is 9.59 Å². The van der Waals surface area contributed by atoms with Crippen molar-refractivity contribution in [2.45, 2.75) is 12.5 Å². The second kappa shape index (κ2) is 9.74. The summed E-state index contributed by atoms with van der Waals surface area (Å²) in [5.74, 6) is -1.13. The van der Waals surface area contributed by atoms with Crippen LogP contribution in [0.1, 0.15) is 23.6 Å². The lowest BCUT2D eigenvalue weighted by molar-refractivity contribution is -0.139. The minimum atomic E-state index is -0.789. The van der Waals surface area contributed by atoms with E-state index in [0.717, 1.165) is 6.54 Å². The molecule has 0 radical (unpaired) electrons. The smallest absolute Gasteiger partial charge is 0.295 e. The van der Waals surface area contributed by atoms with Crippen molar-refractivity contribution in [1.29, 1.82) is 0 Å². The number of aliphatic hydroxyl groups is 1. The third-order valence-electron chi connectivity index (χ3n) is 5.44. The summed E-state index contributed by atoms with van der Waals surface area (Å²) >= 11 is 0. The molecule has 0 unspecified atom stereocenters. The summed E-state index contributed by atoms with van der Waals surface area (Å²) in [4.78, 5) is 29.4. The van der Waals surface area contributed by atoms with Crippen LogP contribution < -0.4 is 9.47 Å². The number of carbonyl (C=O) groups is 2. The number of aliphatic hydroxyl groups excluding tert-OH is 1. The predicted octanol–water partition coefficient (Wildman–Crippen LogP) is 2.78. The van der Waals surface area contributed by atoms with Crippen molar-refractivity contribution in [2.75, 3.05) is 41.4 Å². The Morgan fingerprint density at radius 2 is 1.66 bits per heavy atom. The Morgan fingerprint density at radius 1 is 1.03 bits per heavy atom. The number of rotatable bonds is 8. The number of Topliss-reactive ketones (excluding diaryl/α,β-unsaturated/α-hetero) is 1. The average molecular weight is 440 g/mol. The van der Waals surface area contributed by atoms with Gasteiger partial charge in [-0.25, -0.2) is 0 Å². The zero-order valence-electron chi connectivity index (χ0n) is 18.7. The Hall–Kier alpha value is -3.52. The van der Waals surface area contributed by atoms with Crippen molar-refractivity contribution in [3.05, 3.63) is 59.2 Å². The number of likely N-dealkylation sites (tertiary alicyclic amines) is 1. The topological polar surface area (TPSA) is 99.5 Å². The Morgan fingerprint density at radius 3 is 2.22 bits per heavy atom. The van der Waals surface area contributed by atoms with Gasteiger partial charge in [0.2, 0.25) is 0 Å². The lowest BCUT2D eigenvalue weighted by atomic mass is 9.95. The van der Waals surface area contributed by atoms with Gasteiger partial charge < -0.3 is 29.5 Å². The molecule has 0 bridgehead atoms. The summed E-state index contributed by atoms with van der Waals surface area (Å²) in [7, 11) is 6.87. The van der Waals surface area contributed by atoms with Crippen LogP contribution in [0.4, 0.5) is 0 Å². The molecule has 32 heavy (non-hydrogen) atoms. The maximum absolute atomic E-state index is 13.0. The number of benzene rings is 2. The molecule has 8 nitrogen and oxygen atoms in total. The van der Waals surface area contributed by atoms with E-state index < -0.39 is 23.5 Å². The normalized spacial score (nSPS) is 17.8. The molecule has 2 aromatic rings.